The van der Waals surface area contributed by atoms with Crippen molar-refractivity contribution in [2.24, 2.45) is 5.92 Å². The second kappa shape index (κ2) is 14.1. The zero-order valence-corrected chi connectivity index (χ0v) is 18.1. The van der Waals surface area contributed by atoms with Crippen molar-refractivity contribution >= 4 is 23.8 Å². The van der Waals surface area contributed by atoms with Crippen molar-refractivity contribution in [3.63, 3.8) is 0 Å². The van der Waals surface area contributed by atoms with E-state index >= 15 is 0 Å². The van der Waals surface area contributed by atoms with Gasteiger partial charge >= 0.3 is 11.9 Å². The summed E-state index contributed by atoms with van der Waals surface area (Å²) in [4.78, 5) is 48.4. The molecule has 1 rings (SSSR count). The summed E-state index contributed by atoms with van der Waals surface area (Å²) in [5.41, 5.74) is 1.22. The summed E-state index contributed by atoms with van der Waals surface area (Å²) in [6, 6.07) is 6.72. The monoisotopic (exact) mass is 438 g/mol. The molecule has 0 aliphatic heterocycles. The van der Waals surface area contributed by atoms with Crippen molar-refractivity contribution in [2.75, 3.05) is 46.6 Å². The van der Waals surface area contributed by atoms with Crippen LogP contribution in [0.4, 0.5) is 0 Å². The van der Waals surface area contributed by atoms with Crippen molar-refractivity contribution in [2.45, 2.75) is 20.4 Å². The fourth-order valence-corrected chi connectivity index (χ4v) is 2.40. The fraction of sp³-hybridized carbons (Fsp3) is 0.524. The molecule has 0 heterocycles. The van der Waals surface area contributed by atoms with Gasteiger partial charge in [0.2, 0.25) is 5.91 Å². The standard InChI is InChI=1S/C21H30N2O8/c1-15(2)20(27)22-12-16-4-6-17(7-5-16)21(28)23(8-10-30-18(25)13-24)9-11-31-19(26)14-29-3/h4-7,15,24H,8-14H2,1-3H3,(H,22,27). The van der Waals surface area contributed by atoms with Crippen molar-refractivity contribution in [1.29, 1.82) is 0 Å². The molecule has 31 heavy (non-hydrogen) atoms. The number of ether oxygens (including phenoxy) is 3. The molecule has 0 bridgehead atoms. The molecule has 0 radical (unpaired) electrons. The Kier molecular flexibility index (Phi) is 11.9. The molecule has 0 saturated heterocycles. The summed E-state index contributed by atoms with van der Waals surface area (Å²) in [6.45, 7) is 2.97. The van der Waals surface area contributed by atoms with Gasteiger partial charge in [-0.3, -0.25) is 9.59 Å². The number of rotatable bonds is 13. The summed E-state index contributed by atoms with van der Waals surface area (Å²) >= 11 is 0. The van der Waals surface area contributed by atoms with Crippen LogP contribution in [0.15, 0.2) is 24.3 Å². The van der Waals surface area contributed by atoms with Crippen LogP contribution in [0.3, 0.4) is 0 Å². The zero-order chi connectivity index (χ0) is 23.2. The molecular weight excluding hydrogens is 408 g/mol. The van der Waals surface area contributed by atoms with Crippen LogP contribution in [0.1, 0.15) is 29.8 Å². The Balaban J connectivity index is 2.73. The number of aliphatic hydroxyl groups is 1. The van der Waals surface area contributed by atoms with E-state index in [2.05, 4.69) is 10.1 Å². The molecule has 1 aromatic rings. The number of methoxy groups -OCH3 is 1. The Morgan fingerprint density at radius 1 is 1.00 bits per heavy atom. The highest BCUT2D eigenvalue weighted by Gasteiger charge is 2.17. The lowest BCUT2D eigenvalue weighted by atomic mass is 10.1. The van der Waals surface area contributed by atoms with Gasteiger partial charge < -0.3 is 29.5 Å². The van der Waals surface area contributed by atoms with Crippen LogP contribution in [0.25, 0.3) is 0 Å². The first-order chi connectivity index (χ1) is 14.8. The maximum atomic E-state index is 12.9. The van der Waals surface area contributed by atoms with Crippen molar-refractivity contribution in [1.82, 2.24) is 10.2 Å². The SMILES string of the molecule is COCC(=O)OCCN(CCOC(=O)CO)C(=O)c1ccc(CNC(=O)C(C)C)cc1. The molecule has 0 aliphatic carbocycles. The largest absolute Gasteiger partial charge is 0.462 e. The van der Waals surface area contributed by atoms with E-state index in [4.69, 9.17) is 14.6 Å². The van der Waals surface area contributed by atoms with E-state index in [1.807, 2.05) is 0 Å². The van der Waals surface area contributed by atoms with Gasteiger partial charge in [-0.05, 0) is 17.7 Å². The minimum atomic E-state index is -0.799. The lowest BCUT2D eigenvalue weighted by Gasteiger charge is -2.22. The maximum Gasteiger partial charge on any atom is 0.332 e. The van der Waals surface area contributed by atoms with E-state index in [-0.39, 0.29) is 50.6 Å². The number of hydrogen-bond acceptors (Lipinski definition) is 8. The lowest BCUT2D eigenvalue weighted by molar-refractivity contribution is -0.148. The Bertz CT molecular complexity index is 733. The van der Waals surface area contributed by atoms with Gasteiger partial charge in [0.1, 0.15) is 26.4 Å². The van der Waals surface area contributed by atoms with E-state index in [1.54, 1.807) is 38.1 Å². The predicted octanol–water partition coefficient (Wildman–Crippen LogP) is 0.126. The highest BCUT2D eigenvalue weighted by Crippen LogP contribution is 2.09. The molecule has 10 nitrogen and oxygen atoms in total. The van der Waals surface area contributed by atoms with Gasteiger partial charge in [0.25, 0.3) is 5.91 Å². The number of aliphatic hydroxyl groups excluding tert-OH is 1. The topological polar surface area (TPSA) is 131 Å². The van der Waals surface area contributed by atoms with Gasteiger partial charge in [0, 0.05) is 25.1 Å². The van der Waals surface area contributed by atoms with Crippen LogP contribution in [0, 0.1) is 5.92 Å². The Morgan fingerprint density at radius 3 is 2.10 bits per heavy atom. The summed E-state index contributed by atoms with van der Waals surface area (Å²) in [6.07, 6.45) is 0. The molecule has 0 saturated carbocycles. The van der Waals surface area contributed by atoms with E-state index in [0.29, 0.717) is 12.1 Å². The number of nitrogens with zero attached hydrogens (tertiary/aromatic N) is 1. The van der Waals surface area contributed by atoms with Crippen molar-refractivity contribution < 1.29 is 38.5 Å². The Morgan fingerprint density at radius 2 is 1.58 bits per heavy atom. The van der Waals surface area contributed by atoms with Crippen LogP contribution >= 0.6 is 0 Å². The van der Waals surface area contributed by atoms with Crippen LogP contribution < -0.4 is 5.32 Å². The molecule has 0 spiro atoms. The molecular formula is C21H30N2O8. The molecule has 0 atom stereocenters. The molecule has 2 N–H and O–H groups in total. The van der Waals surface area contributed by atoms with Crippen LogP contribution in [-0.4, -0.2) is 80.4 Å². The highest BCUT2D eigenvalue weighted by atomic mass is 16.6. The number of carbonyl (C=O) groups is 4. The molecule has 0 aromatic heterocycles. The molecule has 0 fully saturated rings. The zero-order valence-electron chi connectivity index (χ0n) is 18.1. The van der Waals surface area contributed by atoms with Gasteiger partial charge in [-0.1, -0.05) is 26.0 Å². The van der Waals surface area contributed by atoms with E-state index in [0.717, 1.165) is 5.56 Å². The van der Waals surface area contributed by atoms with Gasteiger partial charge in [-0.25, -0.2) is 9.59 Å². The first-order valence-electron chi connectivity index (χ1n) is 9.85. The third-order valence-corrected chi connectivity index (χ3v) is 4.12. The van der Waals surface area contributed by atoms with Crippen LogP contribution in [0.5, 0.6) is 0 Å². The summed E-state index contributed by atoms with van der Waals surface area (Å²) in [5.74, 6) is -1.89. The molecule has 0 unspecified atom stereocenters. The molecule has 172 valence electrons. The summed E-state index contributed by atoms with van der Waals surface area (Å²) in [5, 5.41) is 11.5. The third kappa shape index (κ3) is 10.1. The lowest BCUT2D eigenvalue weighted by Crippen LogP contribution is -2.37. The van der Waals surface area contributed by atoms with Crippen LogP contribution in [-0.2, 0) is 35.1 Å². The van der Waals surface area contributed by atoms with E-state index in [1.165, 1.54) is 12.0 Å². The molecule has 2 amide bonds. The number of carbonyl (C=O) groups excluding carboxylic acids is 4. The number of amides is 2. The third-order valence-electron chi connectivity index (χ3n) is 4.12. The highest BCUT2D eigenvalue weighted by molar-refractivity contribution is 5.94. The number of nitrogens with one attached hydrogen (secondary N) is 1. The van der Waals surface area contributed by atoms with Gasteiger partial charge in [0.15, 0.2) is 0 Å². The number of hydrogen-bond donors (Lipinski definition) is 2. The minimum absolute atomic E-state index is 0.0542. The van der Waals surface area contributed by atoms with Crippen molar-refractivity contribution in [3.8, 4) is 0 Å². The average molecular weight is 438 g/mol. The first-order valence-corrected chi connectivity index (χ1v) is 9.85. The van der Waals surface area contributed by atoms with Crippen LogP contribution in [0.2, 0.25) is 0 Å². The normalized spacial score (nSPS) is 10.5. The Labute approximate surface area is 181 Å². The predicted molar refractivity (Wildman–Crippen MR) is 110 cm³/mol. The molecule has 1 aromatic carbocycles. The number of esters is 2. The maximum absolute atomic E-state index is 12.9. The fourth-order valence-electron chi connectivity index (χ4n) is 2.40. The summed E-state index contributed by atoms with van der Waals surface area (Å²) < 4.78 is 14.5. The van der Waals surface area contributed by atoms with E-state index in [9.17, 15) is 19.2 Å². The van der Waals surface area contributed by atoms with Crippen molar-refractivity contribution in [3.05, 3.63) is 35.4 Å². The Hall–Kier alpha value is -2.98. The number of benzene rings is 1. The van der Waals surface area contributed by atoms with Gasteiger partial charge in [-0.15, -0.1) is 0 Å². The molecule has 10 heteroatoms. The van der Waals surface area contributed by atoms with Gasteiger partial charge in [0.05, 0.1) is 13.1 Å². The average Bonchev–Trinajstić information content (AvgIpc) is 2.76. The summed E-state index contributed by atoms with van der Waals surface area (Å²) in [7, 11) is 1.37. The second-order valence-electron chi connectivity index (χ2n) is 6.89. The quantitative estimate of drug-likeness (QED) is 0.416. The smallest absolute Gasteiger partial charge is 0.332 e. The minimum Gasteiger partial charge on any atom is -0.462 e. The molecule has 0 aliphatic rings. The first kappa shape index (κ1) is 26.1. The van der Waals surface area contributed by atoms with E-state index < -0.39 is 18.5 Å². The second-order valence-corrected chi connectivity index (χ2v) is 6.89. The van der Waals surface area contributed by atoms with Gasteiger partial charge in [-0.2, -0.15) is 0 Å².